The van der Waals surface area contributed by atoms with Crippen LogP contribution in [0.15, 0.2) is 21.0 Å². The summed E-state index contributed by atoms with van der Waals surface area (Å²) in [7, 11) is -0.855. The largest absolute Gasteiger partial charge is 0.147 e. The van der Waals surface area contributed by atoms with E-state index in [1.54, 1.807) is 33.6 Å². The van der Waals surface area contributed by atoms with Crippen molar-refractivity contribution in [3.05, 3.63) is 21.0 Å². The summed E-state index contributed by atoms with van der Waals surface area (Å²) in [4.78, 5) is 0. The van der Waals surface area contributed by atoms with Crippen molar-refractivity contribution in [2.45, 2.75) is 32.1 Å². The third-order valence-corrected chi connectivity index (χ3v) is 4.00. The third kappa shape index (κ3) is 7.13. The van der Waals surface area contributed by atoms with Crippen LogP contribution in [0, 0.1) is 0 Å². The Bertz CT molecular complexity index is 216. The molecule has 0 unspecified atom stereocenters. The van der Waals surface area contributed by atoms with E-state index in [9.17, 15) is 0 Å². The van der Waals surface area contributed by atoms with Gasteiger partial charge in [0.15, 0.2) is 0 Å². The van der Waals surface area contributed by atoms with E-state index >= 15 is 0 Å². The molecule has 1 aliphatic carbocycles. The molecule has 0 saturated carbocycles. The zero-order valence-electron chi connectivity index (χ0n) is 8.39. The van der Waals surface area contributed by atoms with Crippen molar-refractivity contribution in [2.75, 3.05) is 0 Å². The van der Waals surface area contributed by atoms with E-state index in [1.807, 2.05) is 0 Å². The van der Waals surface area contributed by atoms with Crippen molar-refractivity contribution in [1.29, 1.82) is 0 Å². The van der Waals surface area contributed by atoms with Crippen LogP contribution in [0.25, 0.3) is 0 Å². The molecule has 0 bridgehead atoms. The molecule has 0 aliphatic heterocycles. The van der Waals surface area contributed by atoms with Crippen LogP contribution in [0.2, 0.25) is 25.7 Å². The summed E-state index contributed by atoms with van der Waals surface area (Å²) in [5, 5.41) is 0. The van der Waals surface area contributed by atoms with E-state index in [1.165, 1.54) is 12.5 Å². The van der Waals surface area contributed by atoms with Crippen molar-refractivity contribution in [1.82, 2.24) is 0 Å². The second kappa shape index (κ2) is 6.61. The van der Waals surface area contributed by atoms with Gasteiger partial charge in [-0.2, -0.15) is 0 Å². The Morgan fingerprint density at radius 3 is 2.15 bits per heavy atom. The molecule has 13 heavy (non-hydrogen) atoms. The van der Waals surface area contributed by atoms with Crippen LogP contribution in [0.3, 0.4) is 0 Å². The molecule has 4 heteroatoms. The predicted molar refractivity (Wildman–Crippen MR) is 63.4 cm³/mol. The molecule has 0 saturated heterocycles. The van der Waals surface area contributed by atoms with E-state index in [-0.39, 0.29) is 24.8 Å². The first kappa shape index (κ1) is 16.6. The van der Waals surface area contributed by atoms with Gasteiger partial charge in [-0.3, -0.25) is 0 Å². The molecule has 0 spiro atoms. The van der Waals surface area contributed by atoms with Crippen LogP contribution in [0.1, 0.15) is 6.42 Å². The topological polar surface area (TPSA) is 0 Å². The average molecular weight is 315 g/mol. The first-order valence-corrected chi connectivity index (χ1v) is 9.02. The zero-order chi connectivity index (χ0) is 8.48. The van der Waals surface area contributed by atoms with E-state index < -0.39 is 8.07 Å². The van der Waals surface area contributed by atoms with Crippen LogP contribution in [-0.4, -0.2) is 8.07 Å². The maximum atomic E-state index is 2.43. The quantitative estimate of drug-likeness (QED) is 0.677. The molecule has 0 nitrogen and oxygen atoms in total. The Kier molecular flexibility index (Phi) is 8.43. The van der Waals surface area contributed by atoms with Gasteiger partial charge in [-0.15, -0.1) is 24.8 Å². The number of rotatable bonds is 2. The van der Waals surface area contributed by atoms with Crippen LogP contribution >= 0.6 is 24.8 Å². The first-order valence-electron chi connectivity index (χ1n) is 4.08. The van der Waals surface area contributed by atoms with Gasteiger partial charge in [0.05, 0.1) is 0 Å². The van der Waals surface area contributed by atoms with E-state index in [0.29, 0.717) is 0 Å². The van der Waals surface area contributed by atoms with Crippen LogP contribution in [-0.2, 0) is 24.7 Å². The summed E-state index contributed by atoms with van der Waals surface area (Å²) >= 11 is 1.59. The SMILES string of the molecule is C[Si](C)(C)CC1=CC[C]([Zr])=C1.Cl.Cl. The maximum Gasteiger partial charge on any atom is -0.147 e. The second-order valence-electron chi connectivity index (χ2n) is 4.39. The monoisotopic (exact) mass is 313 g/mol. The van der Waals surface area contributed by atoms with Crippen LogP contribution in [0.4, 0.5) is 0 Å². The molecule has 0 N–H and O–H groups in total. The Labute approximate surface area is 110 Å². The van der Waals surface area contributed by atoms with Gasteiger partial charge in [0.1, 0.15) is 0 Å². The molecular formula is C9H17Cl2SiZr. The molecule has 1 aliphatic rings. The molecular weight excluding hydrogens is 298 g/mol. The number of halogens is 2. The number of hydrogen-bond donors (Lipinski definition) is 0. The van der Waals surface area contributed by atoms with E-state index in [0.717, 1.165) is 0 Å². The average Bonchev–Trinajstić information content (AvgIpc) is 2.10. The molecule has 0 heterocycles. The van der Waals surface area contributed by atoms with Gasteiger partial charge in [-0.25, -0.2) is 0 Å². The summed E-state index contributed by atoms with van der Waals surface area (Å²) < 4.78 is 1.62. The van der Waals surface area contributed by atoms with Gasteiger partial charge in [-0.1, -0.05) is 0 Å². The van der Waals surface area contributed by atoms with E-state index in [4.69, 9.17) is 0 Å². The molecule has 0 fully saturated rings. The maximum absolute atomic E-state index is 2.43. The van der Waals surface area contributed by atoms with Crippen molar-refractivity contribution < 1.29 is 24.7 Å². The standard InChI is InChI=1S/C9H15Si.2ClH.Zr/c1-10(2,3)8-9-6-4-5-7-9;;;/h6-7H,4,8H2,1-3H3;2*1H;. The van der Waals surface area contributed by atoms with Crippen molar-refractivity contribution in [2.24, 2.45) is 0 Å². The molecule has 0 aromatic carbocycles. The third-order valence-electron chi connectivity index (χ3n) is 1.68. The fourth-order valence-electron chi connectivity index (χ4n) is 1.32. The minimum atomic E-state index is -0.855. The van der Waals surface area contributed by atoms with Gasteiger partial charge >= 0.3 is 85.9 Å². The Morgan fingerprint density at radius 2 is 1.85 bits per heavy atom. The Morgan fingerprint density at radius 1 is 1.31 bits per heavy atom. The summed E-state index contributed by atoms with van der Waals surface area (Å²) in [5.41, 5.74) is 1.61. The number of allylic oxidation sites excluding steroid dienone is 4. The molecule has 75 valence electrons. The van der Waals surface area contributed by atoms with Crippen molar-refractivity contribution >= 4 is 32.9 Å². The van der Waals surface area contributed by atoms with Gasteiger partial charge in [0.2, 0.25) is 0 Å². The predicted octanol–water partition coefficient (Wildman–Crippen LogP) is 3.93. The molecule has 0 amide bonds. The van der Waals surface area contributed by atoms with Gasteiger partial charge < -0.3 is 0 Å². The zero-order valence-corrected chi connectivity index (χ0v) is 13.5. The van der Waals surface area contributed by atoms with Crippen LogP contribution in [0.5, 0.6) is 0 Å². The molecule has 0 aromatic rings. The summed E-state index contributed by atoms with van der Waals surface area (Å²) in [6.07, 6.45) is 6.04. The van der Waals surface area contributed by atoms with Gasteiger partial charge in [0.25, 0.3) is 0 Å². The molecule has 0 atom stereocenters. The normalized spacial score (nSPS) is 15.2. The first-order chi connectivity index (χ1) is 4.97. The minimum Gasteiger partial charge on any atom is -0.147 e. The van der Waals surface area contributed by atoms with Crippen molar-refractivity contribution in [3.63, 3.8) is 0 Å². The van der Waals surface area contributed by atoms with Gasteiger partial charge in [-0.05, 0) is 0 Å². The molecule has 0 aromatic heterocycles. The second-order valence-corrected chi connectivity index (χ2v) is 11.4. The summed E-state index contributed by atoms with van der Waals surface area (Å²) in [5.74, 6) is 0. The smallest absolute Gasteiger partial charge is 0.147 e. The minimum absolute atomic E-state index is 0. The molecule has 1 rings (SSSR count). The van der Waals surface area contributed by atoms with E-state index in [2.05, 4.69) is 31.8 Å². The summed E-state index contributed by atoms with van der Waals surface area (Å²) in [6, 6.07) is 1.37. The Balaban J connectivity index is 0. The van der Waals surface area contributed by atoms with Crippen LogP contribution < -0.4 is 0 Å². The fourth-order valence-corrected chi connectivity index (χ4v) is 3.50. The number of hydrogen-bond acceptors (Lipinski definition) is 0. The Hall–Kier alpha value is 1.16. The van der Waals surface area contributed by atoms with Crippen molar-refractivity contribution in [3.8, 4) is 0 Å². The van der Waals surface area contributed by atoms with Gasteiger partial charge in [0, 0.05) is 0 Å². The molecule has 0 radical (unpaired) electrons. The summed E-state index contributed by atoms with van der Waals surface area (Å²) in [6.45, 7) is 7.30. The fraction of sp³-hybridized carbons (Fsp3) is 0.556.